The zero-order valence-corrected chi connectivity index (χ0v) is 13.8. The van der Waals surface area contributed by atoms with Crippen molar-refractivity contribution in [2.45, 2.75) is 6.92 Å². The molecule has 1 aromatic carbocycles. The van der Waals surface area contributed by atoms with Gasteiger partial charge in [-0.05, 0) is 41.1 Å². The predicted octanol–water partition coefficient (Wildman–Crippen LogP) is 3.39. The minimum atomic E-state index is 0.0242. The van der Waals surface area contributed by atoms with E-state index in [0.717, 1.165) is 5.56 Å². The van der Waals surface area contributed by atoms with Gasteiger partial charge in [-0.25, -0.2) is 9.50 Å². The van der Waals surface area contributed by atoms with Gasteiger partial charge in [0, 0.05) is 11.8 Å². The molecule has 0 aliphatic heterocycles. The number of rotatable bonds is 3. The zero-order chi connectivity index (χ0) is 16.4. The highest BCUT2D eigenvalue weighted by atomic mass is 79.9. The van der Waals surface area contributed by atoms with Crippen LogP contribution >= 0.6 is 15.9 Å². The van der Waals surface area contributed by atoms with Gasteiger partial charge >= 0.3 is 0 Å². The van der Waals surface area contributed by atoms with Crippen LogP contribution in [0.4, 0.5) is 0 Å². The molecule has 2 heterocycles. The fourth-order valence-electron chi connectivity index (χ4n) is 2.17. The molecule has 0 radical (unpaired) electrons. The SMILES string of the molecule is CCOC(=N)c1ccn2nc(-c3cccc(C#N)c3)c(Br)c2n1. The van der Waals surface area contributed by atoms with E-state index in [2.05, 4.69) is 32.1 Å². The molecule has 3 rings (SSSR count). The molecule has 1 N–H and O–H groups in total. The molecule has 114 valence electrons. The van der Waals surface area contributed by atoms with Crippen LogP contribution in [-0.4, -0.2) is 27.1 Å². The summed E-state index contributed by atoms with van der Waals surface area (Å²) in [7, 11) is 0. The molecule has 0 amide bonds. The van der Waals surface area contributed by atoms with Crippen LogP contribution in [0.2, 0.25) is 0 Å². The first kappa shape index (κ1) is 15.2. The van der Waals surface area contributed by atoms with E-state index in [1.165, 1.54) is 0 Å². The summed E-state index contributed by atoms with van der Waals surface area (Å²) in [5.41, 5.74) is 3.11. The number of nitrogens with zero attached hydrogens (tertiary/aromatic N) is 4. The van der Waals surface area contributed by atoms with Crippen molar-refractivity contribution in [1.82, 2.24) is 14.6 Å². The van der Waals surface area contributed by atoms with E-state index in [-0.39, 0.29) is 5.90 Å². The summed E-state index contributed by atoms with van der Waals surface area (Å²) in [6, 6.07) is 11.0. The Morgan fingerprint density at radius 2 is 2.26 bits per heavy atom. The predicted molar refractivity (Wildman–Crippen MR) is 89.3 cm³/mol. The molecule has 23 heavy (non-hydrogen) atoms. The monoisotopic (exact) mass is 369 g/mol. The lowest BCUT2D eigenvalue weighted by Crippen LogP contribution is -2.08. The summed E-state index contributed by atoms with van der Waals surface area (Å²) in [5.74, 6) is 0.0242. The maximum atomic E-state index is 9.03. The highest BCUT2D eigenvalue weighted by Crippen LogP contribution is 2.30. The minimum absolute atomic E-state index is 0.0242. The number of aromatic nitrogens is 3. The summed E-state index contributed by atoms with van der Waals surface area (Å²) in [6.45, 7) is 2.24. The average Bonchev–Trinajstić information content (AvgIpc) is 2.91. The average molecular weight is 370 g/mol. The number of fused-ring (bicyclic) bond motifs is 1. The molecule has 0 fully saturated rings. The number of nitrogens with one attached hydrogen (secondary N) is 1. The molecule has 0 aliphatic carbocycles. The lowest BCUT2D eigenvalue weighted by Gasteiger charge is -2.03. The topological polar surface area (TPSA) is 87.1 Å². The number of hydrogen-bond acceptors (Lipinski definition) is 5. The quantitative estimate of drug-likeness (QED) is 0.566. The Kier molecular flexibility index (Phi) is 4.08. The second-order valence-electron chi connectivity index (χ2n) is 4.70. The van der Waals surface area contributed by atoms with E-state index < -0.39 is 0 Å². The van der Waals surface area contributed by atoms with Crippen molar-refractivity contribution in [2.75, 3.05) is 6.61 Å². The van der Waals surface area contributed by atoms with Crippen molar-refractivity contribution in [1.29, 1.82) is 10.7 Å². The fourth-order valence-corrected chi connectivity index (χ4v) is 2.75. The van der Waals surface area contributed by atoms with Gasteiger partial charge in [-0.15, -0.1) is 0 Å². The van der Waals surface area contributed by atoms with Crippen molar-refractivity contribution in [3.63, 3.8) is 0 Å². The number of halogens is 1. The molecule has 0 saturated carbocycles. The van der Waals surface area contributed by atoms with Gasteiger partial charge in [-0.1, -0.05) is 12.1 Å². The molecule has 0 atom stereocenters. The Labute approximate surface area is 141 Å². The van der Waals surface area contributed by atoms with Crippen LogP contribution in [0.3, 0.4) is 0 Å². The van der Waals surface area contributed by atoms with E-state index in [9.17, 15) is 0 Å². The molecule has 0 bridgehead atoms. The Hall–Kier alpha value is -2.72. The standard InChI is InChI=1S/C16H12BrN5O/c1-2-23-15(19)12-6-7-22-16(20-12)13(17)14(21-22)11-5-3-4-10(8-11)9-18/h3-8,19H,2H2,1H3. The van der Waals surface area contributed by atoms with E-state index in [1.54, 1.807) is 28.9 Å². The van der Waals surface area contributed by atoms with Gasteiger partial charge in [0.05, 0.1) is 22.7 Å². The second-order valence-corrected chi connectivity index (χ2v) is 5.49. The van der Waals surface area contributed by atoms with Gasteiger partial charge in [0.15, 0.2) is 5.65 Å². The van der Waals surface area contributed by atoms with Crippen molar-refractivity contribution >= 4 is 27.5 Å². The van der Waals surface area contributed by atoms with Gasteiger partial charge in [-0.2, -0.15) is 10.4 Å². The number of benzene rings is 1. The van der Waals surface area contributed by atoms with E-state index in [1.807, 2.05) is 19.1 Å². The first-order valence-corrected chi connectivity index (χ1v) is 7.70. The van der Waals surface area contributed by atoms with Crippen LogP contribution in [0.5, 0.6) is 0 Å². The van der Waals surface area contributed by atoms with Gasteiger partial charge in [0.25, 0.3) is 0 Å². The maximum Gasteiger partial charge on any atom is 0.232 e. The summed E-state index contributed by atoms with van der Waals surface area (Å²) >= 11 is 3.52. The Balaban J connectivity index is 2.11. The van der Waals surface area contributed by atoms with Crippen LogP contribution in [0, 0.1) is 16.7 Å². The fraction of sp³-hybridized carbons (Fsp3) is 0.125. The summed E-state index contributed by atoms with van der Waals surface area (Å²) in [4.78, 5) is 4.42. The normalized spacial score (nSPS) is 10.5. The molecule has 7 heteroatoms. The van der Waals surface area contributed by atoms with Crippen molar-refractivity contribution in [3.05, 3.63) is 52.3 Å². The lowest BCUT2D eigenvalue weighted by molar-refractivity contribution is 0.324. The molecule has 2 aromatic heterocycles. The number of nitriles is 1. The third kappa shape index (κ3) is 2.81. The second kappa shape index (κ2) is 6.18. The largest absolute Gasteiger partial charge is 0.477 e. The van der Waals surface area contributed by atoms with Crippen molar-refractivity contribution < 1.29 is 4.74 Å². The molecule has 0 unspecified atom stereocenters. The van der Waals surface area contributed by atoms with E-state index in [4.69, 9.17) is 15.4 Å². The zero-order valence-electron chi connectivity index (χ0n) is 12.2. The first-order valence-electron chi connectivity index (χ1n) is 6.91. The number of ether oxygens (including phenoxy) is 1. The van der Waals surface area contributed by atoms with Crippen LogP contribution in [0.1, 0.15) is 18.2 Å². The van der Waals surface area contributed by atoms with Crippen molar-refractivity contribution in [2.24, 2.45) is 0 Å². The van der Waals surface area contributed by atoms with Crippen LogP contribution < -0.4 is 0 Å². The summed E-state index contributed by atoms with van der Waals surface area (Å²) in [6.07, 6.45) is 1.73. The molecular weight excluding hydrogens is 358 g/mol. The lowest BCUT2D eigenvalue weighted by atomic mass is 10.1. The Morgan fingerprint density at radius 3 is 3.00 bits per heavy atom. The maximum absolute atomic E-state index is 9.03. The smallest absolute Gasteiger partial charge is 0.232 e. The van der Waals surface area contributed by atoms with Gasteiger partial charge in [0.2, 0.25) is 5.90 Å². The van der Waals surface area contributed by atoms with E-state index >= 15 is 0 Å². The van der Waals surface area contributed by atoms with Crippen LogP contribution in [0.15, 0.2) is 41.0 Å². The molecule has 0 saturated heterocycles. The highest BCUT2D eigenvalue weighted by Gasteiger charge is 2.15. The third-order valence-electron chi connectivity index (χ3n) is 3.22. The van der Waals surface area contributed by atoms with Gasteiger partial charge < -0.3 is 4.74 Å². The molecule has 6 nitrogen and oxygen atoms in total. The van der Waals surface area contributed by atoms with Gasteiger partial charge in [0.1, 0.15) is 11.4 Å². The Morgan fingerprint density at radius 1 is 1.43 bits per heavy atom. The van der Waals surface area contributed by atoms with Crippen molar-refractivity contribution in [3.8, 4) is 17.3 Å². The first-order chi connectivity index (χ1) is 11.1. The summed E-state index contributed by atoms with van der Waals surface area (Å²) in [5, 5.41) is 21.4. The molecular formula is C16H12BrN5O. The van der Waals surface area contributed by atoms with Crippen LogP contribution in [0.25, 0.3) is 16.9 Å². The molecule has 0 aliphatic rings. The molecule has 3 aromatic rings. The minimum Gasteiger partial charge on any atom is -0.477 e. The van der Waals surface area contributed by atoms with E-state index in [0.29, 0.717) is 33.7 Å². The third-order valence-corrected chi connectivity index (χ3v) is 3.95. The van der Waals surface area contributed by atoms with Gasteiger partial charge in [-0.3, -0.25) is 5.41 Å². The number of hydrogen-bond donors (Lipinski definition) is 1. The van der Waals surface area contributed by atoms with Crippen LogP contribution in [-0.2, 0) is 4.74 Å². The molecule has 0 spiro atoms. The Bertz CT molecular complexity index is 941. The summed E-state index contributed by atoms with van der Waals surface area (Å²) < 4.78 is 7.51. The highest BCUT2D eigenvalue weighted by molar-refractivity contribution is 9.10.